The van der Waals surface area contributed by atoms with E-state index >= 15 is 0 Å². The van der Waals surface area contributed by atoms with Gasteiger partial charge in [-0.15, -0.1) is 0 Å². The summed E-state index contributed by atoms with van der Waals surface area (Å²) in [4.78, 5) is 35.1. The van der Waals surface area contributed by atoms with E-state index in [1.165, 1.54) is 11.1 Å². The van der Waals surface area contributed by atoms with Gasteiger partial charge >= 0.3 is 12.1 Å². The third-order valence-electron chi connectivity index (χ3n) is 2.77. The number of allylic oxidation sites excluding steroid dienone is 2. The van der Waals surface area contributed by atoms with Crippen LogP contribution in [0.15, 0.2) is 24.0 Å². The normalized spacial score (nSPS) is 17.4. The van der Waals surface area contributed by atoms with Crippen LogP contribution in [0.5, 0.6) is 0 Å². The number of ether oxygens (including phenoxy) is 2. The summed E-state index contributed by atoms with van der Waals surface area (Å²) in [7, 11) is 0. The van der Waals surface area contributed by atoms with Crippen LogP contribution in [0.3, 0.4) is 0 Å². The van der Waals surface area contributed by atoms with E-state index in [1.54, 1.807) is 26.1 Å². The third-order valence-corrected chi connectivity index (χ3v) is 2.77. The molecule has 6 nitrogen and oxygen atoms in total. The summed E-state index contributed by atoms with van der Waals surface area (Å²) in [6.07, 6.45) is 5.53. The van der Waals surface area contributed by atoms with Crippen LogP contribution in [-0.4, -0.2) is 36.5 Å². The molecule has 0 aliphatic carbocycles. The maximum atomic E-state index is 11.5. The number of hydrogen-bond donors (Lipinski definition) is 0. The van der Waals surface area contributed by atoms with Crippen LogP contribution < -0.4 is 0 Å². The Balaban J connectivity index is 2.61. The number of aldehydes is 1. The molecule has 0 N–H and O–H groups in total. The molecule has 6 heteroatoms. The molecule has 1 rings (SSSR count). The Labute approximate surface area is 118 Å². The lowest BCUT2D eigenvalue weighted by atomic mass is 9.93. The van der Waals surface area contributed by atoms with E-state index < -0.39 is 6.09 Å². The molecule has 110 valence electrons. The molecule has 1 unspecified atom stereocenters. The van der Waals surface area contributed by atoms with Gasteiger partial charge in [-0.2, -0.15) is 0 Å². The highest BCUT2D eigenvalue weighted by Gasteiger charge is 2.21. The smallest absolute Gasteiger partial charge is 0.417 e. The summed E-state index contributed by atoms with van der Waals surface area (Å²) in [6.45, 7) is 4.05. The Bertz CT molecular complexity index is 427. The predicted molar refractivity (Wildman–Crippen MR) is 71.5 cm³/mol. The first kappa shape index (κ1) is 15.9. The Hall–Kier alpha value is -2.11. The van der Waals surface area contributed by atoms with Gasteiger partial charge in [0.2, 0.25) is 0 Å². The second-order valence-electron chi connectivity index (χ2n) is 4.14. The van der Waals surface area contributed by atoms with E-state index in [0.717, 1.165) is 0 Å². The van der Waals surface area contributed by atoms with Crippen molar-refractivity contribution >= 4 is 18.3 Å². The number of rotatable bonds is 6. The monoisotopic (exact) mass is 281 g/mol. The highest BCUT2D eigenvalue weighted by molar-refractivity contribution is 5.79. The van der Waals surface area contributed by atoms with Crippen molar-refractivity contribution in [3.63, 3.8) is 0 Å². The van der Waals surface area contributed by atoms with Crippen LogP contribution in [0.2, 0.25) is 0 Å². The highest BCUT2D eigenvalue weighted by Crippen LogP contribution is 2.23. The molecule has 1 heterocycles. The molecular formula is C14H19NO5. The van der Waals surface area contributed by atoms with Gasteiger partial charge in [0.15, 0.2) is 0 Å². The molecule has 0 bridgehead atoms. The van der Waals surface area contributed by atoms with Crippen LogP contribution in [0.4, 0.5) is 4.79 Å². The van der Waals surface area contributed by atoms with Crippen molar-refractivity contribution in [1.29, 1.82) is 0 Å². The SMILES string of the molecule is CCOC(=O)CCC1C=CN(C(=O)OCC)C=C1C=O. The van der Waals surface area contributed by atoms with E-state index in [2.05, 4.69) is 0 Å². The molecule has 0 spiro atoms. The zero-order chi connectivity index (χ0) is 15.0. The zero-order valence-corrected chi connectivity index (χ0v) is 11.7. The second-order valence-corrected chi connectivity index (χ2v) is 4.14. The fraction of sp³-hybridized carbons (Fsp3) is 0.500. The van der Waals surface area contributed by atoms with Gasteiger partial charge < -0.3 is 9.47 Å². The van der Waals surface area contributed by atoms with Gasteiger partial charge in [0, 0.05) is 30.3 Å². The minimum atomic E-state index is -0.535. The molecule has 0 saturated heterocycles. The molecule has 1 aliphatic heterocycles. The molecule has 1 amide bonds. The molecule has 1 atom stereocenters. The van der Waals surface area contributed by atoms with E-state index in [9.17, 15) is 14.4 Å². The Morgan fingerprint density at radius 1 is 1.30 bits per heavy atom. The first-order valence-corrected chi connectivity index (χ1v) is 6.58. The molecular weight excluding hydrogens is 262 g/mol. The summed E-state index contributed by atoms with van der Waals surface area (Å²) < 4.78 is 9.68. The minimum Gasteiger partial charge on any atom is -0.466 e. The number of hydrogen-bond acceptors (Lipinski definition) is 5. The average molecular weight is 281 g/mol. The number of nitrogens with zero attached hydrogens (tertiary/aromatic N) is 1. The van der Waals surface area contributed by atoms with Crippen molar-refractivity contribution < 1.29 is 23.9 Å². The maximum absolute atomic E-state index is 11.5. The summed E-state index contributed by atoms with van der Waals surface area (Å²) in [6, 6.07) is 0. The van der Waals surface area contributed by atoms with Crippen LogP contribution >= 0.6 is 0 Å². The van der Waals surface area contributed by atoms with Crippen molar-refractivity contribution in [1.82, 2.24) is 4.90 Å². The van der Waals surface area contributed by atoms with E-state index in [1.807, 2.05) is 0 Å². The Morgan fingerprint density at radius 3 is 2.60 bits per heavy atom. The topological polar surface area (TPSA) is 72.9 Å². The van der Waals surface area contributed by atoms with Crippen molar-refractivity contribution in [2.45, 2.75) is 26.7 Å². The number of carbonyl (C=O) groups is 3. The standard InChI is InChI=1S/C14H19NO5/c1-3-19-13(17)6-5-11-7-8-15(9-12(11)10-16)14(18)20-4-2/h7-11H,3-6H2,1-2H3. The van der Waals surface area contributed by atoms with E-state index in [-0.39, 0.29) is 24.9 Å². The maximum Gasteiger partial charge on any atom is 0.417 e. The Morgan fingerprint density at radius 2 is 2.00 bits per heavy atom. The lowest BCUT2D eigenvalue weighted by Crippen LogP contribution is -2.26. The van der Waals surface area contributed by atoms with E-state index in [4.69, 9.17) is 9.47 Å². The predicted octanol–water partition coefficient (Wildman–Crippen LogP) is 2.01. The molecule has 1 aliphatic rings. The molecule has 0 saturated carbocycles. The van der Waals surface area contributed by atoms with Crippen LogP contribution in [0.25, 0.3) is 0 Å². The molecule has 20 heavy (non-hydrogen) atoms. The van der Waals surface area contributed by atoms with Crippen LogP contribution in [0.1, 0.15) is 26.7 Å². The molecule has 0 aromatic heterocycles. The number of carbonyl (C=O) groups excluding carboxylic acids is 3. The average Bonchev–Trinajstić information content (AvgIpc) is 2.45. The number of amides is 1. The van der Waals surface area contributed by atoms with Crippen molar-refractivity contribution in [3.05, 3.63) is 24.0 Å². The minimum absolute atomic E-state index is 0.192. The van der Waals surface area contributed by atoms with Crippen molar-refractivity contribution in [2.24, 2.45) is 5.92 Å². The summed E-state index contributed by atoms with van der Waals surface area (Å²) in [5.41, 5.74) is 0.435. The summed E-state index contributed by atoms with van der Waals surface area (Å²) >= 11 is 0. The fourth-order valence-electron chi connectivity index (χ4n) is 1.81. The Kier molecular flexibility index (Phi) is 6.49. The first-order valence-electron chi connectivity index (χ1n) is 6.58. The van der Waals surface area contributed by atoms with Crippen LogP contribution in [-0.2, 0) is 19.1 Å². The largest absolute Gasteiger partial charge is 0.466 e. The fourth-order valence-corrected chi connectivity index (χ4v) is 1.81. The summed E-state index contributed by atoms with van der Waals surface area (Å²) in [5, 5.41) is 0. The van der Waals surface area contributed by atoms with Gasteiger partial charge in [-0.05, 0) is 20.3 Å². The van der Waals surface area contributed by atoms with Gasteiger partial charge in [-0.3, -0.25) is 14.5 Å². The summed E-state index contributed by atoms with van der Waals surface area (Å²) in [5.74, 6) is -0.485. The molecule has 0 fully saturated rings. The molecule has 0 aromatic rings. The third kappa shape index (κ3) is 4.53. The van der Waals surface area contributed by atoms with Gasteiger partial charge in [-0.1, -0.05) is 6.08 Å². The lowest BCUT2D eigenvalue weighted by Gasteiger charge is -2.22. The van der Waals surface area contributed by atoms with Gasteiger partial charge in [0.1, 0.15) is 6.29 Å². The van der Waals surface area contributed by atoms with Crippen LogP contribution in [0, 0.1) is 5.92 Å². The molecule has 0 aromatic carbocycles. The second kappa shape index (κ2) is 8.14. The van der Waals surface area contributed by atoms with Crippen molar-refractivity contribution in [3.8, 4) is 0 Å². The van der Waals surface area contributed by atoms with E-state index in [0.29, 0.717) is 24.9 Å². The van der Waals surface area contributed by atoms with Gasteiger partial charge in [0.05, 0.1) is 13.2 Å². The van der Waals surface area contributed by atoms with Crippen molar-refractivity contribution in [2.75, 3.05) is 13.2 Å². The van der Waals surface area contributed by atoms with Gasteiger partial charge in [0.25, 0.3) is 0 Å². The molecule has 0 radical (unpaired) electrons. The zero-order valence-electron chi connectivity index (χ0n) is 11.7. The first-order chi connectivity index (χ1) is 9.62. The van der Waals surface area contributed by atoms with Gasteiger partial charge in [-0.25, -0.2) is 4.79 Å². The highest BCUT2D eigenvalue weighted by atomic mass is 16.6. The lowest BCUT2D eigenvalue weighted by molar-refractivity contribution is -0.143. The number of esters is 1. The quantitative estimate of drug-likeness (QED) is 0.550.